The summed E-state index contributed by atoms with van der Waals surface area (Å²) in [6.45, 7) is 5.05. The molecule has 0 amide bonds. The van der Waals surface area contributed by atoms with E-state index in [-0.39, 0.29) is 0 Å². The topological polar surface area (TPSA) is 49.8 Å². The second-order valence-electron chi connectivity index (χ2n) is 5.53. The first-order valence-electron chi connectivity index (χ1n) is 6.40. The molecule has 0 aliphatic heterocycles. The zero-order chi connectivity index (χ0) is 14.5. The first-order valence-corrected chi connectivity index (χ1v) is 6.40. The Morgan fingerprint density at radius 1 is 1.42 bits per heavy atom. The summed E-state index contributed by atoms with van der Waals surface area (Å²) in [5, 5.41) is 9.08. The van der Waals surface area contributed by atoms with Crippen molar-refractivity contribution in [1.29, 1.82) is 0 Å². The van der Waals surface area contributed by atoms with Crippen molar-refractivity contribution >= 4 is 5.97 Å². The lowest BCUT2D eigenvalue weighted by Crippen LogP contribution is -2.30. The number of hydrogen-bond donors (Lipinski definition) is 1. The highest BCUT2D eigenvalue weighted by molar-refractivity contribution is 5.73. The fourth-order valence-corrected chi connectivity index (χ4v) is 1.74. The molecule has 0 spiro atoms. The predicted molar refractivity (Wildman–Crippen MR) is 75.4 cm³/mol. The summed E-state index contributed by atoms with van der Waals surface area (Å²) in [5.74, 6) is 0.0963. The van der Waals surface area contributed by atoms with Gasteiger partial charge in [-0.2, -0.15) is 0 Å². The van der Waals surface area contributed by atoms with Gasteiger partial charge in [0.15, 0.2) is 0 Å². The second kappa shape index (κ2) is 6.57. The van der Waals surface area contributed by atoms with Crippen molar-refractivity contribution in [3.05, 3.63) is 29.8 Å². The van der Waals surface area contributed by atoms with Crippen molar-refractivity contribution in [3.63, 3.8) is 0 Å². The van der Waals surface area contributed by atoms with E-state index in [1.807, 2.05) is 31.3 Å². The number of carboxylic acid groups (broad SMARTS) is 1. The molecule has 0 radical (unpaired) electrons. The third-order valence-corrected chi connectivity index (χ3v) is 3.28. The second-order valence-corrected chi connectivity index (χ2v) is 5.53. The van der Waals surface area contributed by atoms with Gasteiger partial charge in [0.05, 0.1) is 12.5 Å². The highest BCUT2D eigenvalue weighted by Gasteiger charge is 2.26. The number of hydrogen-bond acceptors (Lipinski definition) is 3. The highest BCUT2D eigenvalue weighted by Crippen LogP contribution is 2.21. The maximum absolute atomic E-state index is 11.0. The Hall–Kier alpha value is -1.55. The Bertz CT molecular complexity index is 429. The molecule has 0 aromatic heterocycles. The molecule has 1 rings (SSSR count). The Kier molecular flexibility index (Phi) is 5.36. The number of carboxylic acids is 1. The van der Waals surface area contributed by atoms with Crippen LogP contribution in [0.15, 0.2) is 24.3 Å². The largest absolute Gasteiger partial charge is 0.497 e. The minimum absolute atomic E-state index is 0.628. The average Bonchev–Trinajstić information content (AvgIpc) is 2.36. The lowest BCUT2D eigenvalue weighted by atomic mass is 9.89. The molecule has 0 fully saturated rings. The van der Waals surface area contributed by atoms with E-state index in [1.54, 1.807) is 21.0 Å². The van der Waals surface area contributed by atoms with Crippen molar-refractivity contribution in [2.24, 2.45) is 5.41 Å². The summed E-state index contributed by atoms with van der Waals surface area (Å²) >= 11 is 0. The first-order chi connectivity index (χ1) is 8.85. The van der Waals surface area contributed by atoms with Gasteiger partial charge in [0, 0.05) is 6.54 Å². The van der Waals surface area contributed by atoms with Crippen molar-refractivity contribution in [3.8, 4) is 5.75 Å². The summed E-state index contributed by atoms with van der Waals surface area (Å²) < 4.78 is 5.19. The summed E-state index contributed by atoms with van der Waals surface area (Å²) in [7, 11) is 3.65. The monoisotopic (exact) mass is 265 g/mol. The van der Waals surface area contributed by atoms with Gasteiger partial charge >= 0.3 is 5.97 Å². The Morgan fingerprint density at radius 2 is 2.11 bits per heavy atom. The number of nitrogens with zero attached hydrogens (tertiary/aromatic N) is 1. The average molecular weight is 265 g/mol. The van der Waals surface area contributed by atoms with Crippen molar-refractivity contribution in [2.45, 2.75) is 26.8 Å². The molecule has 1 aromatic rings. The molecule has 106 valence electrons. The zero-order valence-electron chi connectivity index (χ0n) is 12.1. The molecule has 1 aromatic carbocycles. The maximum atomic E-state index is 11.0. The summed E-state index contributed by atoms with van der Waals surface area (Å²) in [6, 6.07) is 7.92. The van der Waals surface area contributed by atoms with Gasteiger partial charge in [-0.25, -0.2) is 0 Å². The van der Waals surface area contributed by atoms with E-state index in [4.69, 9.17) is 9.84 Å². The van der Waals surface area contributed by atoms with Crippen LogP contribution in [0, 0.1) is 5.41 Å². The molecule has 0 bridgehead atoms. The number of aliphatic carboxylic acids is 1. The number of benzene rings is 1. The Labute approximate surface area is 115 Å². The van der Waals surface area contributed by atoms with Crippen LogP contribution in [0.1, 0.15) is 25.8 Å². The van der Waals surface area contributed by atoms with Gasteiger partial charge < -0.3 is 14.7 Å². The number of methoxy groups -OCH3 is 1. The third kappa shape index (κ3) is 4.91. The fourth-order valence-electron chi connectivity index (χ4n) is 1.74. The quantitative estimate of drug-likeness (QED) is 0.823. The van der Waals surface area contributed by atoms with Gasteiger partial charge in [0.1, 0.15) is 5.75 Å². The molecule has 1 N–H and O–H groups in total. The summed E-state index contributed by atoms with van der Waals surface area (Å²) in [5.41, 5.74) is 0.484. The van der Waals surface area contributed by atoms with Gasteiger partial charge in [0.2, 0.25) is 0 Å². The molecule has 0 saturated heterocycles. The molecule has 0 heterocycles. The molecular formula is C15H23NO3. The fraction of sp³-hybridized carbons (Fsp3) is 0.533. The molecule has 0 saturated carbocycles. The van der Waals surface area contributed by atoms with E-state index in [9.17, 15) is 4.79 Å². The minimum Gasteiger partial charge on any atom is -0.497 e. The Balaban J connectivity index is 2.51. The van der Waals surface area contributed by atoms with Gasteiger partial charge in [-0.3, -0.25) is 4.79 Å². The Morgan fingerprint density at radius 3 is 2.68 bits per heavy atom. The van der Waals surface area contributed by atoms with Crippen LogP contribution >= 0.6 is 0 Å². The van der Waals surface area contributed by atoms with E-state index in [2.05, 4.69) is 4.90 Å². The van der Waals surface area contributed by atoms with Crippen LogP contribution in [-0.4, -0.2) is 36.7 Å². The molecule has 0 aliphatic carbocycles. The van der Waals surface area contributed by atoms with Gasteiger partial charge in [-0.1, -0.05) is 12.1 Å². The number of rotatable bonds is 7. The van der Waals surface area contributed by atoms with E-state index in [1.165, 1.54) is 0 Å². The predicted octanol–water partition coefficient (Wildman–Crippen LogP) is 2.63. The van der Waals surface area contributed by atoms with Crippen LogP contribution in [0.4, 0.5) is 0 Å². The molecule has 19 heavy (non-hydrogen) atoms. The number of ether oxygens (including phenoxy) is 1. The highest BCUT2D eigenvalue weighted by atomic mass is 16.5. The molecule has 0 atom stereocenters. The smallest absolute Gasteiger partial charge is 0.309 e. The van der Waals surface area contributed by atoms with Gasteiger partial charge in [-0.05, 0) is 51.6 Å². The standard InChI is InChI=1S/C15H23NO3/c1-15(2,14(17)18)8-9-16(3)11-12-6-5-7-13(10-12)19-4/h5-7,10H,8-9,11H2,1-4H3,(H,17,18). The molecular weight excluding hydrogens is 242 g/mol. The van der Waals surface area contributed by atoms with E-state index in [0.29, 0.717) is 6.42 Å². The third-order valence-electron chi connectivity index (χ3n) is 3.28. The lowest BCUT2D eigenvalue weighted by molar-refractivity contribution is -0.147. The zero-order valence-corrected chi connectivity index (χ0v) is 12.1. The van der Waals surface area contributed by atoms with Gasteiger partial charge in [0.25, 0.3) is 0 Å². The van der Waals surface area contributed by atoms with Crippen LogP contribution in [0.3, 0.4) is 0 Å². The van der Waals surface area contributed by atoms with Crippen molar-refractivity contribution < 1.29 is 14.6 Å². The SMILES string of the molecule is COc1cccc(CN(C)CCC(C)(C)C(=O)O)c1. The van der Waals surface area contributed by atoms with E-state index < -0.39 is 11.4 Å². The van der Waals surface area contributed by atoms with E-state index in [0.717, 1.165) is 24.4 Å². The van der Waals surface area contributed by atoms with Crippen LogP contribution in [-0.2, 0) is 11.3 Å². The first kappa shape index (κ1) is 15.5. The van der Waals surface area contributed by atoms with Crippen molar-refractivity contribution in [1.82, 2.24) is 4.90 Å². The summed E-state index contributed by atoms with van der Waals surface area (Å²) in [4.78, 5) is 13.2. The van der Waals surface area contributed by atoms with Crippen LogP contribution in [0.2, 0.25) is 0 Å². The maximum Gasteiger partial charge on any atom is 0.309 e. The number of carbonyl (C=O) groups is 1. The van der Waals surface area contributed by atoms with Crippen LogP contribution in [0.25, 0.3) is 0 Å². The van der Waals surface area contributed by atoms with Crippen LogP contribution < -0.4 is 4.74 Å². The normalized spacial score (nSPS) is 11.6. The molecule has 4 heteroatoms. The lowest BCUT2D eigenvalue weighted by Gasteiger charge is -2.23. The molecule has 0 unspecified atom stereocenters. The van der Waals surface area contributed by atoms with E-state index >= 15 is 0 Å². The van der Waals surface area contributed by atoms with Crippen LogP contribution in [0.5, 0.6) is 5.75 Å². The van der Waals surface area contributed by atoms with Crippen molar-refractivity contribution in [2.75, 3.05) is 20.7 Å². The molecule has 4 nitrogen and oxygen atoms in total. The molecule has 0 aliphatic rings. The summed E-state index contributed by atoms with van der Waals surface area (Å²) in [6.07, 6.45) is 0.628. The van der Waals surface area contributed by atoms with Gasteiger partial charge in [-0.15, -0.1) is 0 Å². The minimum atomic E-state index is -0.748.